The summed E-state index contributed by atoms with van der Waals surface area (Å²) in [6.45, 7) is 6.17. The lowest BCUT2D eigenvalue weighted by Gasteiger charge is -2.17. The largest absolute Gasteiger partial charge is 0.483 e. The molecule has 0 aromatic heterocycles. The number of nitrogens with zero attached hydrogens (tertiary/aromatic N) is 1. The number of nitrogens with one attached hydrogen (secondary N) is 1. The Bertz CT molecular complexity index is 897. The van der Waals surface area contributed by atoms with Gasteiger partial charge in [0.05, 0.1) is 0 Å². The maximum atomic E-state index is 12.9. The van der Waals surface area contributed by atoms with E-state index in [9.17, 15) is 14.8 Å². The summed E-state index contributed by atoms with van der Waals surface area (Å²) in [4.78, 5) is 24.9. The molecule has 34 heavy (non-hydrogen) atoms. The smallest absolute Gasteiger partial charge is 0.277 e. The molecule has 6 nitrogen and oxygen atoms in total. The van der Waals surface area contributed by atoms with Crippen LogP contribution in [0.25, 0.3) is 10.8 Å². The number of amides is 2. The zero-order valence-corrected chi connectivity index (χ0v) is 21.1. The topological polar surface area (TPSA) is 78.9 Å². The van der Waals surface area contributed by atoms with Gasteiger partial charge in [-0.3, -0.25) is 14.8 Å². The predicted octanol–water partition coefficient (Wildman–Crippen LogP) is 6.50. The second kappa shape index (κ2) is 15.3. The van der Waals surface area contributed by atoms with Crippen LogP contribution in [0.2, 0.25) is 0 Å². The first-order valence-electron chi connectivity index (χ1n) is 12.9. The van der Waals surface area contributed by atoms with Gasteiger partial charge in [0.1, 0.15) is 5.75 Å². The first-order chi connectivity index (χ1) is 16.4. The SMILES string of the molecule is CCCCCCCCCCCCN(O)C(=O)c1cc(OCC(=O)NC(C)C)c2ccccc2c1. The molecule has 0 saturated carbocycles. The maximum Gasteiger partial charge on any atom is 0.277 e. The first kappa shape index (κ1) is 27.6. The Hall–Kier alpha value is -2.60. The van der Waals surface area contributed by atoms with Gasteiger partial charge in [-0.1, -0.05) is 89.0 Å². The van der Waals surface area contributed by atoms with Gasteiger partial charge in [-0.15, -0.1) is 0 Å². The monoisotopic (exact) mass is 470 g/mol. The zero-order chi connectivity index (χ0) is 24.8. The van der Waals surface area contributed by atoms with Gasteiger partial charge in [0.25, 0.3) is 11.8 Å². The molecule has 2 amide bonds. The zero-order valence-electron chi connectivity index (χ0n) is 21.1. The molecule has 0 fully saturated rings. The highest BCUT2D eigenvalue weighted by Gasteiger charge is 2.17. The van der Waals surface area contributed by atoms with Crippen LogP contribution in [0.1, 0.15) is 95.3 Å². The van der Waals surface area contributed by atoms with Gasteiger partial charge in [-0.2, -0.15) is 0 Å². The predicted molar refractivity (Wildman–Crippen MR) is 137 cm³/mol. The summed E-state index contributed by atoms with van der Waals surface area (Å²) in [6, 6.07) is 10.9. The van der Waals surface area contributed by atoms with Crippen LogP contribution >= 0.6 is 0 Å². The second-order valence-electron chi connectivity index (χ2n) is 9.32. The highest BCUT2D eigenvalue weighted by molar-refractivity contribution is 6.00. The third-order valence-corrected chi connectivity index (χ3v) is 5.84. The number of hydrogen-bond donors (Lipinski definition) is 2. The van der Waals surface area contributed by atoms with Crippen molar-refractivity contribution in [2.24, 2.45) is 0 Å². The summed E-state index contributed by atoms with van der Waals surface area (Å²) in [6.07, 6.45) is 11.9. The molecule has 0 heterocycles. The van der Waals surface area contributed by atoms with Gasteiger partial charge in [-0.05, 0) is 37.8 Å². The van der Waals surface area contributed by atoms with Crippen molar-refractivity contribution in [2.45, 2.75) is 91.0 Å². The molecule has 6 heteroatoms. The number of rotatable bonds is 16. The summed E-state index contributed by atoms with van der Waals surface area (Å²) in [7, 11) is 0. The molecule has 2 aromatic rings. The lowest BCUT2D eigenvalue weighted by Crippen LogP contribution is -2.34. The Kier molecular flexibility index (Phi) is 12.5. The van der Waals surface area contributed by atoms with Gasteiger partial charge in [0.15, 0.2) is 6.61 Å². The molecule has 0 spiro atoms. The minimum Gasteiger partial charge on any atom is -0.483 e. The Morgan fingerprint density at radius 1 is 0.941 bits per heavy atom. The maximum absolute atomic E-state index is 12.9. The molecule has 0 aliphatic heterocycles. The standard InChI is InChI=1S/C28H42N2O4/c1-4-5-6-7-8-9-10-11-12-15-18-30(33)28(32)24-19-23-16-13-14-17-25(23)26(20-24)34-21-27(31)29-22(2)3/h13-14,16-17,19-20,22,33H,4-12,15,18,21H2,1-3H3,(H,29,31). The van der Waals surface area contributed by atoms with E-state index in [1.165, 1.54) is 44.9 Å². The fourth-order valence-corrected chi connectivity index (χ4v) is 4.02. The number of unbranched alkanes of at least 4 members (excludes halogenated alkanes) is 9. The van der Waals surface area contributed by atoms with E-state index in [2.05, 4.69) is 12.2 Å². The molecule has 0 radical (unpaired) electrons. The van der Waals surface area contributed by atoms with E-state index in [0.717, 1.165) is 35.1 Å². The van der Waals surface area contributed by atoms with Crippen molar-refractivity contribution in [3.63, 3.8) is 0 Å². The molecule has 0 aliphatic carbocycles. The Labute approximate surface area is 204 Å². The lowest BCUT2D eigenvalue weighted by atomic mass is 10.0. The number of carbonyl (C=O) groups is 2. The minimum atomic E-state index is -0.460. The molecule has 2 N–H and O–H groups in total. The van der Waals surface area contributed by atoms with E-state index in [1.54, 1.807) is 12.1 Å². The van der Waals surface area contributed by atoms with Gasteiger partial charge in [0, 0.05) is 23.5 Å². The summed E-state index contributed by atoms with van der Waals surface area (Å²) in [5, 5.41) is 15.6. The van der Waals surface area contributed by atoms with Gasteiger partial charge in [0.2, 0.25) is 0 Å². The van der Waals surface area contributed by atoms with Crippen molar-refractivity contribution in [3.8, 4) is 5.75 Å². The summed E-state index contributed by atoms with van der Waals surface area (Å²) < 4.78 is 5.75. The van der Waals surface area contributed by atoms with E-state index in [4.69, 9.17) is 4.74 Å². The summed E-state index contributed by atoms with van der Waals surface area (Å²) in [5.41, 5.74) is 0.340. The van der Waals surface area contributed by atoms with Crippen molar-refractivity contribution in [1.29, 1.82) is 0 Å². The van der Waals surface area contributed by atoms with Crippen molar-refractivity contribution >= 4 is 22.6 Å². The second-order valence-corrected chi connectivity index (χ2v) is 9.32. The van der Waals surface area contributed by atoms with Gasteiger partial charge < -0.3 is 10.1 Å². The third-order valence-electron chi connectivity index (χ3n) is 5.84. The van der Waals surface area contributed by atoms with Gasteiger partial charge in [-0.25, -0.2) is 5.06 Å². The van der Waals surface area contributed by atoms with Gasteiger partial charge >= 0.3 is 0 Å². The summed E-state index contributed by atoms with van der Waals surface area (Å²) >= 11 is 0. The minimum absolute atomic E-state index is 0.0227. The van der Waals surface area contributed by atoms with Crippen LogP contribution in [0.15, 0.2) is 36.4 Å². The lowest BCUT2D eigenvalue weighted by molar-refractivity contribution is -0.123. The van der Waals surface area contributed by atoms with E-state index < -0.39 is 5.91 Å². The number of benzene rings is 2. The molecule has 0 atom stereocenters. The van der Waals surface area contributed by atoms with E-state index in [1.807, 2.05) is 38.1 Å². The van der Waals surface area contributed by atoms with Crippen molar-refractivity contribution in [3.05, 3.63) is 42.0 Å². The number of carbonyl (C=O) groups excluding carboxylic acids is 2. The van der Waals surface area contributed by atoms with E-state index >= 15 is 0 Å². The van der Waals surface area contributed by atoms with Crippen molar-refractivity contribution in [1.82, 2.24) is 10.4 Å². The normalized spacial score (nSPS) is 11.1. The number of hydroxylamine groups is 2. The molecule has 0 unspecified atom stereocenters. The van der Waals surface area contributed by atoms with E-state index in [0.29, 0.717) is 17.9 Å². The molecular weight excluding hydrogens is 428 g/mol. The number of ether oxygens (including phenoxy) is 1. The quantitative estimate of drug-likeness (QED) is 0.167. The fraction of sp³-hybridized carbons (Fsp3) is 0.571. The van der Waals surface area contributed by atoms with Crippen LogP contribution in [0.3, 0.4) is 0 Å². The molecule has 2 rings (SSSR count). The molecule has 0 aliphatic rings. The Morgan fingerprint density at radius 2 is 1.56 bits per heavy atom. The molecule has 0 bridgehead atoms. The average Bonchev–Trinajstić information content (AvgIpc) is 2.82. The third kappa shape index (κ3) is 9.72. The molecule has 2 aromatic carbocycles. The highest BCUT2D eigenvalue weighted by atomic mass is 16.5. The highest BCUT2D eigenvalue weighted by Crippen LogP contribution is 2.28. The van der Waals surface area contributed by atoms with Crippen LogP contribution in [-0.2, 0) is 4.79 Å². The van der Waals surface area contributed by atoms with Crippen molar-refractivity contribution < 1.29 is 19.5 Å². The summed E-state index contributed by atoms with van der Waals surface area (Å²) in [5.74, 6) is -0.230. The van der Waals surface area contributed by atoms with Crippen LogP contribution < -0.4 is 10.1 Å². The number of hydrogen-bond acceptors (Lipinski definition) is 4. The van der Waals surface area contributed by atoms with E-state index in [-0.39, 0.29) is 18.6 Å². The Balaban J connectivity index is 1.87. The average molecular weight is 471 g/mol. The van der Waals surface area contributed by atoms with Crippen LogP contribution in [-0.4, -0.2) is 41.3 Å². The molecule has 0 saturated heterocycles. The van der Waals surface area contributed by atoms with Crippen LogP contribution in [0.5, 0.6) is 5.75 Å². The first-order valence-corrected chi connectivity index (χ1v) is 12.9. The van der Waals surface area contributed by atoms with Crippen LogP contribution in [0.4, 0.5) is 0 Å². The Morgan fingerprint density at radius 3 is 2.21 bits per heavy atom. The fourth-order valence-electron chi connectivity index (χ4n) is 4.02. The molecule has 188 valence electrons. The van der Waals surface area contributed by atoms with Crippen LogP contribution in [0, 0.1) is 0 Å². The number of fused-ring (bicyclic) bond motifs is 1. The molecular formula is C28H42N2O4. The van der Waals surface area contributed by atoms with Crippen molar-refractivity contribution in [2.75, 3.05) is 13.2 Å².